The van der Waals surface area contributed by atoms with Crippen LogP contribution in [-0.4, -0.2) is 6.61 Å². The van der Waals surface area contributed by atoms with Gasteiger partial charge in [0, 0.05) is 5.41 Å². The van der Waals surface area contributed by atoms with E-state index >= 15 is 0 Å². The summed E-state index contributed by atoms with van der Waals surface area (Å²) in [6.45, 7) is 3.38. The van der Waals surface area contributed by atoms with E-state index in [2.05, 4.69) is 73.7 Å². The minimum Gasteiger partial charge on any atom is -0.493 e. The van der Waals surface area contributed by atoms with E-state index in [0.29, 0.717) is 5.41 Å². The molecule has 0 amide bonds. The van der Waals surface area contributed by atoms with Crippen molar-refractivity contribution < 1.29 is 4.74 Å². The maximum Gasteiger partial charge on any atom is 0.119 e. The van der Waals surface area contributed by atoms with Crippen LogP contribution in [0.3, 0.4) is 0 Å². The van der Waals surface area contributed by atoms with Gasteiger partial charge in [-0.2, -0.15) is 0 Å². The van der Waals surface area contributed by atoms with Crippen LogP contribution in [-0.2, 0) is 0 Å². The fourth-order valence-corrected chi connectivity index (χ4v) is 7.28. The van der Waals surface area contributed by atoms with Gasteiger partial charge >= 0.3 is 0 Å². The fraction of sp³-hybridized carbons (Fsp3) is 0.462. The van der Waals surface area contributed by atoms with Gasteiger partial charge in [-0.1, -0.05) is 61.5 Å². The molecule has 0 aliphatic heterocycles. The highest BCUT2D eigenvalue weighted by Gasteiger charge is 2.64. The van der Waals surface area contributed by atoms with Gasteiger partial charge in [-0.15, -0.1) is 0 Å². The van der Waals surface area contributed by atoms with Crippen molar-refractivity contribution in [3.05, 3.63) is 66.7 Å². The molecule has 3 saturated carbocycles. The predicted octanol–water partition coefficient (Wildman–Crippen LogP) is 6.22. The number of fused-ring (bicyclic) bond motifs is 9. The number of rotatable bonds is 4. The zero-order chi connectivity index (χ0) is 18.0. The lowest BCUT2D eigenvalue weighted by molar-refractivity contribution is 0.0317. The highest BCUT2D eigenvalue weighted by atomic mass is 16.5. The molecule has 0 heterocycles. The van der Waals surface area contributed by atoms with Crippen LogP contribution in [0.15, 0.2) is 66.7 Å². The minimum absolute atomic E-state index is 0.363. The number of benzene rings is 2. The topological polar surface area (TPSA) is 9.23 Å². The Morgan fingerprint density at radius 1 is 0.852 bits per heavy atom. The second-order valence-corrected chi connectivity index (χ2v) is 9.74. The van der Waals surface area contributed by atoms with Crippen molar-refractivity contribution in [1.29, 1.82) is 0 Å². The summed E-state index contributed by atoms with van der Waals surface area (Å²) in [6, 6.07) is 19.2. The van der Waals surface area contributed by atoms with E-state index in [9.17, 15) is 0 Å². The van der Waals surface area contributed by atoms with Gasteiger partial charge in [0.15, 0.2) is 0 Å². The van der Waals surface area contributed by atoms with Crippen molar-refractivity contribution in [1.82, 2.24) is 0 Å². The number of hydrogen-bond acceptors (Lipinski definition) is 1. The minimum atomic E-state index is 0.363. The SMILES string of the molecule is CC1(COc2ccc(-c3ccccc3)cc2)CC2CC1C1C3C=CC(C3)C21. The third kappa shape index (κ3) is 2.37. The first-order chi connectivity index (χ1) is 13.2. The molecule has 1 nitrogen and oxygen atoms in total. The summed E-state index contributed by atoms with van der Waals surface area (Å²) in [5.74, 6) is 6.58. The highest BCUT2D eigenvalue weighted by Crippen LogP contribution is 2.70. The molecule has 0 aromatic heterocycles. The first kappa shape index (κ1) is 16.0. The van der Waals surface area contributed by atoms with Gasteiger partial charge in [-0.25, -0.2) is 0 Å². The van der Waals surface area contributed by atoms with Crippen molar-refractivity contribution in [3.63, 3.8) is 0 Å². The molecular formula is C26H28O. The van der Waals surface area contributed by atoms with E-state index < -0.39 is 0 Å². The van der Waals surface area contributed by atoms with Gasteiger partial charge in [0.1, 0.15) is 5.75 Å². The molecule has 0 saturated heterocycles. The Hall–Kier alpha value is -2.02. The quantitative estimate of drug-likeness (QED) is 0.467. The average molecular weight is 357 g/mol. The molecule has 4 aliphatic carbocycles. The average Bonchev–Trinajstić information content (AvgIpc) is 3.47. The molecule has 0 spiro atoms. The summed E-state index contributed by atoms with van der Waals surface area (Å²) < 4.78 is 6.35. The number of allylic oxidation sites excluding steroid dienone is 2. The van der Waals surface area contributed by atoms with E-state index in [1.165, 1.54) is 30.4 Å². The van der Waals surface area contributed by atoms with Crippen molar-refractivity contribution in [3.8, 4) is 16.9 Å². The van der Waals surface area contributed by atoms with Gasteiger partial charge in [0.25, 0.3) is 0 Å². The third-order valence-electron chi connectivity index (χ3n) is 8.30. The predicted molar refractivity (Wildman–Crippen MR) is 109 cm³/mol. The lowest BCUT2D eigenvalue weighted by Crippen LogP contribution is -2.40. The summed E-state index contributed by atoms with van der Waals surface area (Å²) in [4.78, 5) is 0. The zero-order valence-electron chi connectivity index (χ0n) is 16.1. The molecule has 2 aromatic rings. The van der Waals surface area contributed by atoms with Gasteiger partial charge < -0.3 is 4.74 Å². The molecule has 4 aliphatic rings. The molecule has 2 aromatic carbocycles. The van der Waals surface area contributed by atoms with Crippen LogP contribution in [0, 0.1) is 40.9 Å². The van der Waals surface area contributed by atoms with Crippen LogP contribution in [0.1, 0.15) is 26.2 Å². The van der Waals surface area contributed by atoms with E-state index in [1.807, 2.05) is 0 Å². The van der Waals surface area contributed by atoms with Gasteiger partial charge in [0.2, 0.25) is 0 Å². The Morgan fingerprint density at radius 2 is 1.56 bits per heavy atom. The molecule has 7 unspecified atom stereocenters. The molecule has 0 radical (unpaired) electrons. The number of hydrogen-bond donors (Lipinski definition) is 0. The molecule has 1 heteroatoms. The smallest absolute Gasteiger partial charge is 0.119 e. The standard InChI is InChI=1S/C26H28O/c1-26(15-21-14-23(26)25-20-8-7-19(13-20)24(21)25)16-27-22-11-9-18(10-12-22)17-5-3-2-4-6-17/h2-12,19-21,23-25H,13-16H2,1H3. The Kier molecular flexibility index (Phi) is 3.40. The van der Waals surface area contributed by atoms with E-state index in [1.54, 1.807) is 0 Å². The monoisotopic (exact) mass is 356 g/mol. The van der Waals surface area contributed by atoms with Gasteiger partial charge in [0.05, 0.1) is 6.61 Å². The zero-order valence-corrected chi connectivity index (χ0v) is 16.1. The lowest BCUT2D eigenvalue weighted by atomic mass is 9.63. The second kappa shape index (κ2) is 5.74. The van der Waals surface area contributed by atoms with E-state index in [0.717, 1.165) is 47.9 Å². The summed E-state index contributed by atoms with van der Waals surface area (Å²) >= 11 is 0. The molecular weight excluding hydrogens is 328 g/mol. The van der Waals surface area contributed by atoms with Crippen molar-refractivity contribution in [2.45, 2.75) is 26.2 Å². The molecule has 0 N–H and O–H groups in total. The lowest BCUT2D eigenvalue weighted by Gasteiger charge is -2.43. The van der Waals surface area contributed by atoms with Crippen LogP contribution < -0.4 is 4.74 Å². The molecule has 7 atom stereocenters. The van der Waals surface area contributed by atoms with Crippen molar-refractivity contribution in [2.75, 3.05) is 6.61 Å². The fourth-order valence-electron chi connectivity index (χ4n) is 7.28. The molecule has 3 fully saturated rings. The van der Waals surface area contributed by atoms with Crippen LogP contribution >= 0.6 is 0 Å². The summed E-state index contributed by atoms with van der Waals surface area (Å²) in [5.41, 5.74) is 2.88. The Bertz CT molecular complexity index is 867. The van der Waals surface area contributed by atoms with Crippen LogP contribution in [0.25, 0.3) is 11.1 Å². The first-order valence-electron chi connectivity index (χ1n) is 10.7. The summed E-state index contributed by atoms with van der Waals surface area (Å²) in [6.07, 6.45) is 9.35. The van der Waals surface area contributed by atoms with Crippen molar-refractivity contribution in [2.24, 2.45) is 40.9 Å². The van der Waals surface area contributed by atoms with E-state index in [-0.39, 0.29) is 0 Å². The Morgan fingerprint density at radius 3 is 2.33 bits per heavy atom. The van der Waals surface area contributed by atoms with Crippen molar-refractivity contribution >= 4 is 0 Å². The number of ether oxygens (including phenoxy) is 1. The largest absolute Gasteiger partial charge is 0.493 e. The van der Waals surface area contributed by atoms with Crippen LogP contribution in [0.5, 0.6) is 5.75 Å². The molecule has 6 rings (SSSR count). The van der Waals surface area contributed by atoms with Gasteiger partial charge in [-0.3, -0.25) is 0 Å². The highest BCUT2D eigenvalue weighted by molar-refractivity contribution is 5.63. The van der Waals surface area contributed by atoms with E-state index in [4.69, 9.17) is 4.74 Å². The van der Waals surface area contributed by atoms with Crippen LogP contribution in [0.4, 0.5) is 0 Å². The second-order valence-electron chi connectivity index (χ2n) is 9.74. The summed E-state index contributed by atoms with van der Waals surface area (Å²) in [5, 5.41) is 0. The van der Waals surface area contributed by atoms with Crippen LogP contribution in [0.2, 0.25) is 0 Å². The first-order valence-corrected chi connectivity index (χ1v) is 10.7. The Labute approximate surface area is 162 Å². The Balaban J connectivity index is 1.16. The molecule has 4 bridgehead atoms. The third-order valence-corrected chi connectivity index (χ3v) is 8.30. The maximum absolute atomic E-state index is 6.35. The van der Waals surface area contributed by atoms with Gasteiger partial charge in [-0.05, 0) is 78.0 Å². The molecule has 27 heavy (non-hydrogen) atoms. The molecule has 138 valence electrons. The normalized spacial score (nSPS) is 40.5. The maximum atomic E-state index is 6.35. The summed E-state index contributed by atoms with van der Waals surface area (Å²) in [7, 11) is 0.